The molecule has 1 aromatic heterocycles. The largest absolute Gasteiger partial charge is 0.507 e. The number of hydrazone groups is 1. The van der Waals surface area contributed by atoms with E-state index in [1.54, 1.807) is 24.3 Å². The second kappa shape index (κ2) is 7.92. The van der Waals surface area contributed by atoms with Crippen LogP contribution in [-0.4, -0.2) is 33.5 Å². The van der Waals surface area contributed by atoms with Gasteiger partial charge in [-0.2, -0.15) is 10.4 Å². The quantitative estimate of drug-likeness (QED) is 0.394. The van der Waals surface area contributed by atoms with E-state index in [2.05, 4.69) is 20.5 Å². The number of hydrogen-bond acceptors (Lipinski definition) is 8. The van der Waals surface area contributed by atoms with Crippen molar-refractivity contribution < 1.29 is 14.9 Å². The van der Waals surface area contributed by atoms with Gasteiger partial charge in [-0.15, -0.1) is 0 Å². The third-order valence-electron chi connectivity index (χ3n) is 3.78. The number of aromatic amines is 1. The van der Waals surface area contributed by atoms with Crippen molar-refractivity contribution in [3.8, 4) is 34.6 Å². The van der Waals surface area contributed by atoms with Crippen LogP contribution >= 0.6 is 0 Å². The number of nitrogens with one attached hydrogen (secondary N) is 2. The highest BCUT2D eigenvalue weighted by Gasteiger charge is 2.13. The fourth-order valence-corrected chi connectivity index (χ4v) is 2.44. The summed E-state index contributed by atoms with van der Waals surface area (Å²) in [5.74, 6) is -0.245. The Hall–Kier alpha value is -4.32. The molecule has 0 fully saturated rings. The Morgan fingerprint density at radius 1 is 1.25 bits per heavy atom. The van der Waals surface area contributed by atoms with Crippen LogP contribution in [-0.2, 0) is 0 Å². The number of benzene rings is 2. The topological polar surface area (TPSA) is 144 Å². The average Bonchev–Trinajstić information content (AvgIpc) is 2.70. The van der Waals surface area contributed by atoms with E-state index >= 15 is 0 Å². The maximum Gasteiger partial charge on any atom is 0.270 e. The Morgan fingerprint density at radius 3 is 2.68 bits per heavy atom. The molecule has 3 rings (SSSR count). The molecule has 1 heterocycles. The summed E-state index contributed by atoms with van der Waals surface area (Å²) < 4.78 is 4.98. The van der Waals surface area contributed by atoms with Crippen LogP contribution < -0.4 is 15.7 Å². The maximum absolute atomic E-state index is 12.2. The number of anilines is 1. The molecule has 9 heteroatoms. The summed E-state index contributed by atoms with van der Waals surface area (Å²) in [5, 5.41) is 32.7. The summed E-state index contributed by atoms with van der Waals surface area (Å²) in [4.78, 5) is 18.9. The number of ether oxygens (including phenoxy) is 1. The van der Waals surface area contributed by atoms with Crippen molar-refractivity contribution in [2.45, 2.75) is 0 Å². The van der Waals surface area contributed by atoms with E-state index in [0.717, 1.165) is 6.07 Å². The lowest BCUT2D eigenvalue weighted by molar-refractivity contribution is 0.369. The first-order valence-corrected chi connectivity index (χ1v) is 8.02. The number of H-pyrrole nitrogens is 1. The van der Waals surface area contributed by atoms with Gasteiger partial charge in [-0.1, -0.05) is 30.3 Å². The molecule has 140 valence electrons. The van der Waals surface area contributed by atoms with E-state index < -0.39 is 5.56 Å². The summed E-state index contributed by atoms with van der Waals surface area (Å²) in [6.45, 7) is 0. The molecule has 0 aliphatic rings. The predicted octanol–water partition coefficient (Wildman–Crippen LogP) is 2.17. The van der Waals surface area contributed by atoms with E-state index in [1.807, 2.05) is 12.1 Å². The zero-order valence-electron chi connectivity index (χ0n) is 14.7. The number of phenols is 2. The molecule has 28 heavy (non-hydrogen) atoms. The van der Waals surface area contributed by atoms with E-state index in [9.17, 15) is 20.3 Å². The molecule has 0 unspecified atom stereocenters. The normalized spacial score (nSPS) is 10.6. The van der Waals surface area contributed by atoms with Gasteiger partial charge >= 0.3 is 0 Å². The molecule has 0 aliphatic carbocycles. The predicted molar refractivity (Wildman–Crippen MR) is 103 cm³/mol. The zero-order valence-corrected chi connectivity index (χ0v) is 14.7. The summed E-state index contributed by atoms with van der Waals surface area (Å²) in [7, 11) is 1.38. The lowest BCUT2D eigenvalue weighted by Gasteiger charge is -2.07. The van der Waals surface area contributed by atoms with E-state index in [0.29, 0.717) is 5.56 Å². The van der Waals surface area contributed by atoms with E-state index in [4.69, 9.17) is 4.74 Å². The molecule has 0 atom stereocenters. The highest BCUT2D eigenvalue weighted by molar-refractivity contribution is 5.85. The van der Waals surface area contributed by atoms with Gasteiger partial charge in [0.15, 0.2) is 11.5 Å². The van der Waals surface area contributed by atoms with Crippen molar-refractivity contribution in [3.63, 3.8) is 0 Å². The highest BCUT2D eigenvalue weighted by Crippen LogP contribution is 2.32. The monoisotopic (exact) mass is 377 g/mol. The second-order valence-corrected chi connectivity index (χ2v) is 5.57. The summed E-state index contributed by atoms with van der Waals surface area (Å²) >= 11 is 0. The SMILES string of the molecule is COc1cc(C=NNc2nc(-c3ccccc3)c(C#N)c(=O)[nH]2)c(O)cc1O. The van der Waals surface area contributed by atoms with Crippen LogP contribution in [0.2, 0.25) is 0 Å². The Kier molecular flexibility index (Phi) is 5.23. The van der Waals surface area contributed by atoms with Gasteiger partial charge in [0, 0.05) is 17.2 Å². The molecule has 0 amide bonds. The van der Waals surface area contributed by atoms with Crippen LogP contribution in [0.25, 0.3) is 11.3 Å². The number of rotatable bonds is 5. The van der Waals surface area contributed by atoms with E-state index in [1.165, 1.54) is 19.4 Å². The molecular weight excluding hydrogens is 362 g/mol. The minimum Gasteiger partial charge on any atom is -0.507 e. The van der Waals surface area contributed by atoms with Gasteiger partial charge in [0.25, 0.3) is 5.56 Å². The fourth-order valence-electron chi connectivity index (χ4n) is 2.44. The number of aromatic hydroxyl groups is 2. The van der Waals surface area contributed by atoms with Gasteiger partial charge in [0.05, 0.1) is 19.0 Å². The standard InChI is InChI=1S/C19H15N5O4/c1-28-16-7-12(14(25)8-15(16)26)10-21-24-19-22-17(11-5-3-2-4-6-11)13(9-20)18(27)23-19/h2-8,10,25-26H,1H3,(H2,22,23,24,27). The zero-order chi connectivity index (χ0) is 20.1. The Labute approximate surface area is 159 Å². The maximum atomic E-state index is 12.2. The van der Waals surface area contributed by atoms with Crippen molar-refractivity contribution in [2.24, 2.45) is 5.10 Å². The number of nitrogens with zero attached hydrogens (tertiary/aromatic N) is 3. The van der Waals surface area contributed by atoms with Crippen LogP contribution in [0.1, 0.15) is 11.1 Å². The van der Waals surface area contributed by atoms with Crippen molar-refractivity contribution in [1.82, 2.24) is 9.97 Å². The highest BCUT2D eigenvalue weighted by atomic mass is 16.5. The van der Waals surface area contributed by atoms with E-state index in [-0.39, 0.29) is 40.0 Å². The minimum absolute atomic E-state index is 0.0179. The van der Waals surface area contributed by atoms with Gasteiger partial charge in [-0.25, -0.2) is 10.4 Å². The second-order valence-electron chi connectivity index (χ2n) is 5.57. The first-order valence-electron chi connectivity index (χ1n) is 8.02. The molecule has 4 N–H and O–H groups in total. The van der Waals surface area contributed by atoms with Crippen molar-refractivity contribution in [2.75, 3.05) is 12.5 Å². The molecule has 0 saturated carbocycles. The summed E-state index contributed by atoms with van der Waals surface area (Å²) in [5.41, 5.74) is 2.93. The van der Waals surface area contributed by atoms with Gasteiger partial charge in [0.1, 0.15) is 17.4 Å². The third kappa shape index (κ3) is 3.76. The molecular formula is C19H15N5O4. The van der Waals surface area contributed by atoms with Crippen LogP contribution in [0.3, 0.4) is 0 Å². The Balaban J connectivity index is 1.92. The first-order chi connectivity index (χ1) is 13.5. The van der Waals surface area contributed by atoms with Crippen molar-refractivity contribution >= 4 is 12.2 Å². The van der Waals surface area contributed by atoms with Crippen molar-refractivity contribution in [3.05, 3.63) is 63.9 Å². The van der Waals surface area contributed by atoms with Gasteiger partial charge in [-0.3, -0.25) is 9.78 Å². The number of phenolic OH excluding ortho intramolecular Hbond substituents is 2. The summed E-state index contributed by atoms with van der Waals surface area (Å²) in [6.07, 6.45) is 1.26. The Morgan fingerprint density at radius 2 is 2.00 bits per heavy atom. The molecule has 0 radical (unpaired) electrons. The third-order valence-corrected chi connectivity index (χ3v) is 3.78. The van der Waals surface area contributed by atoms with Gasteiger partial charge < -0.3 is 14.9 Å². The first kappa shape index (κ1) is 18.5. The van der Waals surface area contributed by atoms with Crippen LogP contribution in [0.4, 0.5) is 5.95 Å². The number of methoxy groups -OCH3 is 1. The minimum atomic E-state index is -0.608. The Bertz CT molecular complexity index is 1130. The number of nitriles is 1. The van der Waals surface area contributed by atoms with Gasteiger partial charge in [0.2, 0.25) is 5.95 Å². The fraction of sp³-hybridized carbons (Fsp3) is 0.0526. The number of aromatic nitrogens is 2. The van der Waals surface area contributed by atoms with Crippen LogP contribution in [0.15, 0.2) is 52.4 Å². The lowest BCUT2D eigenvalue weighted by Crippen LogP contribution is -2.16. The molecule has 0 saturated heterocycles. The number of hydrogen-bond donors (Lipinski definition) is 4. The van der Waals surface area contributed by atoms with Crippen LogP contribution in [0, 0.1) is 11.3 Å². The lowest BCUT2D eigenvalue weighted by atomic mass is 10.1. The van der Waals surface area contributed by atoms with Gasteiger partial charge in [-0.05, 0) is 6.07 Å². The average molecular weight is 377 g/mol. The molecule has 3 aromatic rings. The molecule has 0 aliphatic heterocycles. The molecule has 9 nitrogen and oxygen atoms in total. The summed E-state index contributed by atoms with van der Waals surface area (Å²) in [6, 6.07) is 13.2. The molecule has 0 spiro atoms. The molecule has 2 aromatic carbocycles. The smallest absolute Gasteiger partial charge is 0.270 e. The van der Waals surface area contributed by atoms with Crippen LogP contribution in [0.5, 0.6) is 17.2 Å². The molecule has 0 bridgehead atoms. The van der Waals surface area contributed by atoms with Crippen molar-refractivity contribution in [1.29, 1.82) is 5.26 Å².